The smallest absolute Gasteiger partial charge is 0.324 e. The van der Waals surface area contributed by atoms with E-state index in [4.69, 9.17) is 0 Å². The molecular formula is C21H24N4O5S. The summed E-state index contributed by atoms with van der Waals surface area (Å²) in [7, 11) is -3.68. The lowest BCUT2D eigenvalue weighted by Gasteiger charge is -2.16. The summed E-state index contributed by atoms with van der Waals surface area (Å²) in [5, 5.41) is 5.13. The number of benzene rings is 2. The van der Waals surface area contributed by atoms with Crippen molar-refractivity contribution in [3.8, 4) is 0 Å². The van der Waals surface area contributed by atoms with Gasteiger partial charge in [-0.3, -0.25) is 14.5 Å². The van der Waals surface area contributed by atoms with E-state index in [0.29, 0.717) is 17.8 Å². The molecule has 31 heavy (non-hydrogen) atoms. The van der Waals surface area contributed by atoms with Crippen molar-refractivity contribution in [1.29, 1.82) is 0 Å². The molecule has 1 heterocycles. The zero-order chi connectivity index (χ0) is 22.4. The number of hydrogen-bond acceptors (Lipinski definition) is 5. The Kier molecular flexibility index (Phi) is 7.03. The van der Waals surface area contributed by atoms with Crippen LogP contribution in [0.3, 0.4) is 0 Å². The molecule has 1 saturated heterocycles. The summed E-state index contributed by atoms with van der Waals surface area (Å²) in [5.74, 6) is -0.843. The first-order valence-corrected chi connectivity index (χ1v) is 11.4. The molecule has 0 aliphatic carbocycles. The maximum absolute atomic E-state index is 12.9. The van der Waals surface area contributed by atoms with Crippen molar-refractivity contribution >= 4 is 33.6 Å². The minimum Gasteiger partial charge on any atom is -0.329 e. The molecule has 3 N–H and O–H groups in total. The molecule has 0 aromatic heterocycles. The lowest BCUT2D eigenvalue weighted by atomic mass is 10.1. The number of imide groups is 1. The normalized spacial score (nSPS) is 13.9. The fraction of sp³-hybridized carbons (Fsp3) is 0.286. The van der Waals surface area contributed by atoms with Crippen molar-refractivity contribution in [2.75, 3.05) is 18.4 Å². The Morgan fingerprint density at radius 1 is 1.13 bits per heavy atom. The van der Waals surface area contributed by atoms with Gasteiger partial charge in [0, 0.05) is 17.8 Å². The Balaban J connectivity index is 1.77. The van der Waals surface area contributed by atoms with Crippen LogP contribution in [0.5, 0.6) is 0 Å². The lowest BCUT2D eigenvalue weighted by Crippen LogP contribution is -2.31. The number of nitrogens with one attached hydrogen (secondary N) is 3. The SMILES string of the molecule is CCCCNS(=O)(=O)c1cccc(NC(=O)c2ccccc2CN2C(=O)CNC2=O)c1. The van der Waals surface area contributed by atoms with Crippen LogP contribution in [0.1, 0.15) is 35.7 Å². The molecule has 0 saturated carbocycles. The van der Waals surface area contributed by atoms with E-state index >= 15 is 0 Å². The predicted octanol–water partition coefficient (Wildman–Crippen LogP) is 2.07. The number of unbranched alkanes of at least 4 members (excludes halogenated alkanes) is 1. The van der Waals surface area contributed by atoms with Crippen molar-refractivity contribution in [2.24, 2.45) is 0 Å². The van der Waals surface area contributed by atoms with Gasteiger partial charge in [0.1, 0.15) is 0 Å². The van der Waals surface area contributed by atoms with Gasteiger partial charge >= 0.3 is 6.03 Å². The van der Waals surface area contributed by atoms with Gasteiger partial charge < -0.3 is 10.6 Å². The molecule has 164 valence electrons. The van der Waals surface area contributed by atoms with Gasteiger partial charge in [0.05, 0.1) is 18.0 Å². The highest BCUT2D eigenvalue weighted by molar-refractivity contribution is 7.89. The monoisotopic (exact) mass is 444 g/mol. The Labute approximate surface area is 180 Å². The number of carbonyl (C=O) groups is 3. The number of sulfonamides is 1. The summed E-state index contributed by atoms with van der Waals surface area (Å²) >= 11 is 0. The second-order valence-electron chi connectivity index (χ2n) is 7.03. The zero-order valence-corrected chi connectivity index (χ0v) is 17.9. The molecule has 3 rings (SSSR count). The lowest BCUT2D eigenvalue weighted by molar-refractivity contribution is -0.125. The van der Waals surface area contributed by atoms with Gasteiger partial charge in [-0.2, -0.15) is 0 Å². The minimum absolute atomic E-state index is 0.0377. The van der Waals surface area contributed by atoms with Gasteiger partial charge in [0.25, 0.3) is 5.91 Å². The molecule has 1 aliphatic rings. The quantitative estimate of drug-likeness (QED) is 0.403. The van der Waals surface area contributed by atoms with Gasteiger partial charge in [-0.1, -0.05) is 37.6 Å². The first-order valence-electron chi connectivity index (χ1n) is 9.89. The fourth-order valence-corrected chi connectivity index (χ4v) is 4.19. The second-order valence-corrected chi connectivity index (χ2v) is 8.80. The zero-order valence-electron chi connectivity index (χ0n) is 17.1. The highest BCUT2D eigenvalue weighted by Crippen LogP contribution is 2.19. The van der Waals surface area contributed by atoms with E-state index in [0.717, 1.165) is 17.7 Å². The highest BCUT2D eigenvalue weighted by atomic mass is 32.2. The molecule has 10 heteroatoms. The van der Waals surface area contributed by atoms with E-state index in [1.807, 2.05) is 6.92 Å². The van der Waals surface area contributed by atoms with Gasteiger partial charge in [0.15, 0.2) is 0 Å². The van der Waals surface area contributed by atoms with Crippen LogP contribution in [0.25, 0.3) is 0 Å². The number of hydrogen-bond donors (Lipinski definition) is 3. The van der Waals surface area contributed by atoms with Crippen LogP contribution < -0.4 is 15.4 Å². The first kappa shape index (κ1) is 22.4. The average molecular weight is 445 g/mol. The van der Waals surface area contributed by atoms with E-state index in [1.54, 1.807) is 36.4 Å². The summed E-state index contributed by atoms with van der Waals surface area (Å²) < 4.78 is 27.4. The predicted molar refractivity (Wildman–Crippen MR) is 115 cm³/mol. The summed E-state index contributed by atoms with van der Waals surface area (Å²) in [4.78, 5) is 37.6. The summed E-state index contributed by atoms with van der Waals surface area (Å²) in [6.07, 6.45) is 1.59. The van der Waals surface area contributed by atoms with Crippen LogP contribution in [0.4, 0.5) is 10.5 Å². The molecule has 0 atom stereocenters. The third kappa shape index (κ3) is 5.47. The van der Waals surface area contributed by atoms with Gasteiger partial charge in [-0.15, -0.1) is 0 Å². The molecule has 2 aromatic carbocycles. The van der Waals surface area contributed by atoms with Crippen LogP contribution in [0, 0.1) is 0 Å². The van der Waals surface area contributed by atoms with E-state index in [1.165, 1.54) is 12.1 Å². The van der Waals surface area contributed by atoms with Gasteiger partial charge in [-0.05, 0) is 36.2 Å². The molecule has 2 aromatic rings. The van der Waals surface area contributed by atoms with Gasteiger partial charge in [0.2, 0.25) is 15.9 Å². The van der Waals surface area contributed by atoms with Crippen LogP contribution >= 0.6 is 0 Å². The van der Waals surface area contributed by atoms with Crippen molar-refractivity contribution in [3.05, 3.63) is 59.7 Å². The highest BCUT2D eigenvalue weighted by Gasteiger charge is 2.29. The Hall–Kier alpha value is -3.24. The van der Waals surface area contributed by atoms with Crippen molar-refractivity contribution in [1.82, 2.24) is 14.9 Å². The molecule has 1 fully saturated rings. The topological polar surface area (TPSA) is 125 Å². The maximum atomic E-state index is 12.9. The fourth-order valence-electron chi connectivity index (χ4n) is 3.07. The first-order chi connectivity index (χ1) is 14.8. The summed E-state index contributed by atoms with van der Waals surface area (Å²) in [6, 6.07) is 12.1. The minimum atomic E-state index is -3.68. The van der Waals surface area contributed by atoms with Crippen LogP contribution in [0.2, 0.25) is 0 Å². The molecule has 1 aliphatic heterocycles. The molecule has 4 amide bonds. The summed E-state index contributed by atoms with van der Waals surface area (Å²) in [5.41, 5.74) is 1.09. The van der Waals surface area contributed by atoms with Gasteiger partial charge in [-0.25, -0.2) is 17.9 Å². The van der Waals surface area contributed by atoms with Crippen LogP contribution in [-0.4, -0.2) is 44.3 Å². The number of amides is 4. The molecule has 0 unspecified atom stereocenters. The molecule has 0 spiro atoms. The molecular weight excluding hydrogens is 420 g/mol. The Bertz CT molecular complexity index is 1080. The number of rotatable bonds is 9. The van der Waals surface area contributed by atoms with Crippen LogP contribution in [-0.2, 0) is 21.4 Å². The van der Waals surface area contributed by atoms with Crippen molar-refractivity contribution < 1.29 is 22.8 Å². The number of nitrogens with zero attached hydrogens (tertiary/aromatic N) is 1. The molecule has 0 radical (unpaired) electrons. The maximum Gasteiger partial charge on any atom is 0.324 e. The number of carbonyl (C=O) groups excluding carboxylic acids is 3. The van der Waals surface area contributed by atoms with Crippen molar-refractivity contribution in [3.63, 3.8) is 0 Å². The number of urea groups is 1. The van der Waals surface area contributed by atoms with E-state index < -0.39 is 22.0 Å². The number of anilines is 1. The van der Waals surface area contributed by atoms with E-state index in [2.05, 4.69) is 15.4 Å². The third-order valence-corrected chi connectivity index (χ3v) is 6.21. The van der Waals surface area contributed by atoms with E-state index in [9.17, 15) is 22.8 Å². The standard InChI is InChI=1S/C21H24N4O5S/c1-2-3-11-23-31(29,30)17-9-6-8-16(12-17)24-20(27)18-10-5-4-7-15(18)14-25-19(26)13-22-21(25)28/h4-10,12,23H,2-3,11,13-14H2,1H3,(H,22,28)(H,24,27). The Morgan fingerprint density at radius 3 is 2.61 bits per heavy atom. The summed E-state index contributed by atoms with van der Waals surface area (Å²) in [6.45, 7) is 2.20. The van der Waals surface area contributed by atoms with Crippen LogP contribution in [0.15, 0.2) is 53.4 Å². The average Bonchev–Trinajstić information content (AvgIpc) is 3.06. The molecule has 9 nitrogen and oxygen atoms in total. The van der Waals surface area contributed by atoms with E-state index in [-0.39, 0.29) is 29.5 Å². The van der Waals surface area contributed by atoms with Crippen molar-refractivity contribution in [2.45, 2.75) is 31.2 Å². The molecule has 0 bridgehead atoms. The largest absolute Gasteiger partial charge is 0.329 e. The Morgan fingerprint density at radius 2 is 1.90 bits per heavy atom. The second kappa shape index (κ2) is 9.71. The third-order valence-electron chi connectivity index (χ3n) is 4.75.